The summed E-state index contributed by atoms with van der Waals surface area (Å²) in [5, 5.41) is 2.67. The van der Waals surface area contributed by atoms with Crippen LogP contribution < -0.4 is 15.8 Å². The molecule has 0 aromatic heterocycles. The Hall–Kier alpha value is -1.02. The molecule has 1 rings (SSSR count). The minimum atomic E-state index is -4.00. The van der Waals surface area contributed by atoms with Gasteiger partial charge in [0.05, 0.1) is 17.3 Å². The quantitative estimate of drug-likeness (QED) is 0.705. The molecule has 0 fully saturated rings. The first kappa shape index (κ1) is 17.0. The maximum Gasteiger partial charge on any atom is 0.244 e. The summed E-state index contributed by atoms with van der Waals surface area (Å²) in [4.78, 5) is 11.1. The first-order chi connectivity index (χ1) is 9.13. The summed E-state index contributed by atoms with van der Waals surface area (Å²) >= 11 is 11.5. The van der Waals surface area contributed by atoms with Gasteiger partial charge in [-0.15, -0.1) is 0 Å². The van der Waals surface area contributed by atoms with Gasteiger partial charge in [0.25, 0.3) is 0 Å². The molecule has 6 nitrogen and oxygen atoms in total. The first-order valence-electron chi connectivity index (χ1n) is 5.67. The maximum absolute atomic E-state index is 12.1. The number of rotatable bonds is 5. The lowest BCUT2D eigenvalue weighted by atomic mass is 10.3. The predicted octanol–water partition coefficient (Wildman–Crippen LogP) is 1.38. The second kappa shape index (κ2) is 6.62. The van der Waals surface area contributed by atoms with E-state index in [-0.39, 0.29) is 26.7 Å². The third-order valence-corrected chi connectivity index (χ3v) is 4.32. The molecule has 0 aliphatic rings. The fourth-order valence-electron chi connectivity index (χ4n) is 1.47. The second-order valence-corrected chi connectivity index (χ2v) is 6.90. The Labute approximate surface area is 127 Å². The van der Waals surface area contributed by atoms with Crippen LogP contribution in [0.25, 0.3) is 0 Å². The van der Waals surface area contributed by atoms with Crippen molar-refractivity contribution in [3.63, 3.8) is 0 Å². The van der Waals surface area contributed by atoms with Crippen LogP contribution in [-0.4, -0.2) is 26.9 Å². The summed E-state index contributed by atoms with van der Waals surface area (Å²) in [7, 11) is -4.00. The van der Waals surface area contributed by atoms with Crippen molar-refractivity contribution < 1.29 is 13.2 Å². The Morgan fingerprint density at radius 1 is 1.35 bits per heavy atom. The van der Waals surface area contributed by atoms with E-state index >= 15 is 0 Å². The lowest BCUT2D eigenvalue weighted by molar-refractivity contribution is -0.120. The van der Waals surface area contributed by atoms with Gasteiger partial charge in [-0.05, 0) is 26.0 Å². The van der Waals surface area contributed by atoms with Crippen molar-refractivity contribution in [2.75, 3.05) is 12.3 Å². The van der Waals surface area contributed by atoms with Gasteiger partial charge >= 0.3 is 0 Å². The number of nitrogen functional groups attached to an aromatic ring is 1. The molecule has 9 heteroatoms. The minimum absolute atomic E-state index is 0.0840. The number of nitrogens with two attached hydrogens (primary N) is 1. The molecule has 20 heavy (non-hydrogen) atoms. The maximum atomic E-state index is 12.1. The molecule has 0 saturated heterocycles. The van der Waals surface area contributed by atoms with Crippen LogP contribution in [0, 0.1) is 0 Å². The van der Waals surface area contributed by atoms with Crippen molar-refractivity contribution >= 4 is 44.8 Å². The second-order valence-electron chi connectivity index (χ2n) is 4.35. The van der Waals surface area contributed by atoms with Gasteiger partial charge in [0, 0.05) is 11.1 Å². The average Bonchev–Trinajstić information content (AvgIpc) is 2.23. The zero-order valence-electron chi connectivity index (χ0n) is 10.9. The number of nitrogens with one attached hydrogen (secondary N) is 2. The molecule has 0 atom stereocenters. The Bertz CT molecular complexity index is 594. The fourth-order valence-corrected chi connectivity index (χ4v) is 3.43. The van der Waals surface area contributed by atoms with E-state index in [2.05, 4.69) is 10.0 Å². The molecule has 1 aromatic carbocycles. The molecule has 0 radical (unpaired) electrons. The molecule has 0 heterocycles. The number of carbonyl (C=O) groups is 1. The summed E-state index contributed by atoms with van der Waals surface area (Å²) in [6.45, 7) is 3.12. The monoisotopic (exact) mass is 339 g/mol. The number of halogens is 2. The van der Waals surface area contributed by atoms with Crippen molar-refractivity contribution in [1.29, 1.82) is 0 Å². The number of amides is 1. The summed E-state index contributed by atoms with van der Waals surface area (Å²) < 4.78 is 26.3. The topological polar surface area (TPSA) is 101 Å². The zero-order valence-corrected chi connectivity index (χ0v) is 13.2. The molecule has 1 aromatic rings. The molecule has 4 N–H and O–H groups in total. The molecule has 0 saturated carbocycles. The van der Waals surface area contributed by atoms with Gasteiger partial charge in [-0.2, -0.15) is 0 Å². The number of benzene rings is 1. The summed E-state index contributed by atoms with van der Waals surface area (Å²) in [6.07, 6.45) is 0. The molecule has 0 bridgehead atoms. The van der Waals surface area contributed by atoms with E-state index in [0.717, 1.165) is 0 Å². The highest BCUT2D eigenvalue weighted by Crippen LogP contribution is 2.30. The van der Waals surface area contributed by atoms with Crippen LogP contribution in [0.5, 0.6) is 0 Å². The van der Waals surface area contributed by atoms with E-state index in [1.54, 1.807) is 13.8 Å². The number of carbonyl (C=O) groups excluding carboxylic acids is 1. The van der Waals surface area contributed by atoms with Gasteiger partial charge in [0.15, 0.2) is 0 Å². The summed E-state index contributed by atoms with van der Waals surface area (Å²) in [6, 6.07) is 2.45. The molecule has 112 valence electrons. The highest BCUT2D eigenvalue weighted by molar-refractivity contribution is 7.89. The van der Waals surface area contributed by atoms with E-state index in [9.17, 15) is 13.2 Å². The van der Waals surface area contributed by atoms with Crippen LogP contribution >= 0.6 is 23.2 Å². The number of hydrogen-bond donors (Lipinski definition) is 3. The summed E-state index contributed by atoms with van der Waals surface area (Å²) in [5.74, 6) is -0.452. The van der Waals surface area contributed by atoms with Crippen LogP contribution in [0.4, 0.5) is 5.69 Å². The van der Waals surface area contributed by atoms with Crippen LogP contribution in [0.2, 0.25) is 10.0 Å². The Morgan fingerprint density at radius 3 is 2.45 bits per heavy atom. The molecular weight excluding hydrogens is 325 g/mol. The van der Waals surface area contributed by atoms with Crippen LogP contribution in [0.3, 0.4) is 0 Å². The minimum Gasteiger partial charge on any atom is -0.398 e. The Kier molecular flexibility index (Phi) is 5.64. The molecule has 0 aliphatic heterocycles. The van der Waals surface area contributed by atoms with Crippen molar-refractivity contribution in [1.82, 2.24) is 10.0 Å². The highest BCUT2D eigenvalue weighted by atomic mass is 35.5. The lowest BCUT2D eigenvalue weighted by Crippen LogP contribution is -2.40. The molecule has 0 unspecified atom stereocenters. The van der Waals surface area contributed by atoms with Crippen LogP contribution in [0.1, 0.15) is 13.8 Å². The van der Waals surface area contributed by atoms with Gasteiger partial charge in [-0.3, -0.25) is 4.79 Å². The third kappa shape index (κ3) is 4.52. The van der Waals surface area contributed by atoms with E-state index in [1.165, 1.54) is 12.1 Å². The van der Waals surface area contributed by atoms with E-state index in [0.29, 0.717) is 0 Å². The normalized spacial score (nSPS) is 11.7. The van der Waals surface area contributed by atoms with Crippen molar-refractivity contribution in [2.24, 2.45) is 0 Å². The lowest BCUT2D eigenvalue weighted by Gasteiger charge is -2.12. The predicted molar refractivity (Wildman–Crippen MR) is 79.3 cm³/mol. The number of anilines is 1. The molecule has 1 amide bonds. The van der Waals surface area contributed by atoms with E-state index in [4.69, 9.17) is 28.9 Å². The third-order valence-electron chi connectivity index (χ3n) is 2.18. The van der Waals surface area contributed by atoms with Gasteiger partial charge in [-0.25, -0.2) is 13.1 Å². The largest absolute Gasteiger partial charge is 0.398 e. The number of sulfonamides is 1. The van der Waals surface area contributed by atoms with Crippen molar-refractivity contribution in [3.8, 4) is 0 Å². The summed E-state index contributed by atoms with van der Waals surface area (Å²) in [5.41, 5.74) is 5.52. The standard InChI is InChI=1S/C11H15Cl2N3O3S/c1-6(2)16-10(17)5-15-20(18,19)11-8(13)3-7(12)4-9(11)14/h3-4,6,15H,5,14H2,1-2H3,(H,16,17). The van der Waals surface area contributed by atoms with Crippen molar-refractivity contribution in [2.45, 2.75) is 24.8 Å². The van der Waals surface area contributed by atoms with Gasteiger partial charge in [0.2, 0.25) is 15.9 Å². The van der Waals surface area contributed by atoms with E-state index in [1.807, 2.05) is 0 Å². The van der Waals surface area contributed by atoms with Crippen LogP contribution in [-0.2, 0) is 14.8 Å². The smallest absolute Gasteiger partial charge is 0.244 e. The molecular formula is C11H15Cl2N3O3S. The Morgan fingerprint density at radius 2 is 1.95 bits per heavy atom. The van der Waals surface area contributed by atoms with Crippen molar-refractivity contribution in [3.05, 3.63) is 22.2 Å². The first-order valence-corrected chi connectivity index (χ1v) is 7.91. The molecule has 0 aliphatic carbocycles. The SMILES string of the molecule is CC(C)NC(=O)CNS(=O)(=O)c1c(N)cc(Cl)cc1Cl. The zero-order chi connectivity index (χ0) is 15.5. The van der Waals surface area contributed by atoms with Gasteiger partial charge in [0.1, 0.15) is 4.90 Å². The molecule has 0 spiro atoms. The Balaban J connectivity index is 2.93. The average molecular weight is 340 g/mol. The van der Waals surface area contributed by atoms with Gasteiger partial charge < -0.3 is 11.1 Å². The number of hydrogen-bond acceptors (Lipinski definition) is 4. The van der Waals surface area contributed by atoms with E-state index < -0.39 is 22.5 Å². The van der Waals surface area contributed by atoms with Crippen LogP contribution in [0.15, 0.2) is 17.0 Å². The fraction of sp³-hybridized carbons (Fsp3) is 0.364. The highest BCUT2D eigenvalue weighted by Gasteiger charge is 2.22. The van der Waals surface area contributed by atoms with Gasteiger partial charge in [-0.1, -0.05) is 23.2 Å².